The number of fused-ring (bicyclic) bond motifs is 3. The molecule has 0 saturated carbocycles. The first kappa shape index (κ1) is 19.5. The van der Waals surface area contributed by atoms with E-state index in [2.05, 4.69) is 4.98 Å². The zero-order valence-electron chi connectivity index (χ0n) is 17.4. The van der Waals surface area contributed by atoms with Gasteiger partial charge >= 0.3 is 0 Å². The third-order valence-electron chi connectivity index (χ3n) is 6.74. The van der Waals surface area contributed by atoms with E-state index < -0.39 is 35.2 Å². The molecule has 0 bridgehead atoms. The minimum atomic E-state index is -1.49. The number of hydrogen-bond acceptors (Lipinski definition) is 6. The summed E-state index contributed by atoms with van der Waals surface area (Å²) in [6.45, 7) is 3.35. The summed E-state index contributed by atoms with van der Waals surface area (Å²) in [5.74, 6) is -2.34. The van der Waals surface area contributed by atoms with E-state index in [4.69, 9.17) is 4.42 Å². The zero-order chi connectivity index (χ0) is 22.1. The Morgan fingerprint density at radius 3 is 2.55 bits per heavy atom. The number of hydrogen-bond donors (Lipinski definition) is 0. The summed E-state index contributed by atoms with van der Waals surface area (Å²) in [6.07, 6.45) is 1.62. The first-order valence-electron chi connectivity index (χ1n) is 10.1. The van der Waals surface area contributed by atoms with Crippen LogP contribution in [0.25, 0.3) is 0 Å². The number of likely N-dealkylation sites (tertiary alicyclic amines) is 1. The van der Waals surface area contributed by atoms with Gasteiger partial charge in [0.25, 0.3) is 0 Å². The van der Waals surface area contributed by atoms with Crippen molar-refractivity contribution in [1.82, 2.24) is 19.7 Å². The first-order chi connectivity index (χ1) is 14.7. The van der Waals surface area contributed by atoms with Crippen LogP contribution < -0.4 is 0 Å². The minimum Gasteiger partial charge on any atom is -0.464 e. The number of aryl methyl sites for hydroxylation is 1. The van der Waals surface area contributed by atoms with Crippen LogP contribution in [0.2, 0.25) is 0 Å². The molecule has 31 heavy (non-hydrogen) atoms. The van der Waals surface area contributed by atoms with E-state index in [1.54, 1.807) is 44.3 Å². The van der Waals surface area contributed by atoms with Gasteiger partial charge in [-0.1, -0.05) is 6.07 Å². The maximum Gasteiger partial charge on any atom is 0.249 e. The molecule has 9 heteroatoms. The molecule has 3 aliphatic heterocycles. The normalized spacial score (nSPS) is 30.3. The van der Waals surface area contributed by atoms with Crippen molar-refractivity contribution in [2.75, 3.05) is 13.6 Å². The van der Waals surface area contributed by atoms with Gasteiger partial charge in [0.2, 0.25) is 23.6 Å². The second-order valence-corrected chi connectivity index (χ2v) is 8.53. The molecule has 2 aromatic rings. The average molecular weight is 422 g/mol. The monoisotopic (exact) mass is 422 g/mol. The predicted molar refractivity (Wildman–Crippen MR) is 106 cm³/mol. The maximum absolute atomic E-state index is 13.8. The smallest absolute Gasteiger partial charge is 0.249 e. The lowest BCUT2D eigenvalue weighted by Gasteiger charge is -2.46. The lowest BCUT2D eigenvalue weighted by atomic mass is 9.79. The topological polar surface area (TPSA) is 104 Å². The molecule has 0 aliphatic carbocycles. The van der Waals surface area contributed by atoms with E-state index >= 15 is 0 Å². The Morgan fingerprint density at radius 1 is 1.13 bits per heavy atom. The molecule has 3 saturated heterocycles. The molecule has 3 fully saturated rings. The highest BCUT2D eigenvalue weighted by Crippen LogP contribution is 2.56. The predicted octanol–water partition coefficient (Wildman–Crippen LogP) is 0.898. The van der Waals surface area contributed by atoms with Gasteiger partial charge in [-0.05, 0) is 38.1 Å². The Labute approximate surface area is 178 Å². The van der Waals surface area contributed by atoms with Crippen molar-refractivity contribution in [3.05, 3.63) is 53.7 Å². The molecule has 5 rings (SSSR count). The van der Waals surface area contributed by atoms with E-state index in [-0.39, 0.29) is 24.9 Å². The Kier molecular flexibility index (Phi) is 4.08. The van der Waals surface area contributed by atoms with Crippen molar-refractivity contribution in [2.45, 2.75) is 32.0 Å². The summed E-state index contributed by atoms with van der Waals surface area (Å²) in [6, 6.07) is 7.99. The fourth-order valence-electron chi connectivity index (χ4n) is 5.36. The number of nitrogens with zero attached hydrogens (tertiary/aromatic N) is 4. The van der Waals surface area contributed by atoms with Crippen LogP contribution in [-0.2, 0) is 25.7 Å². The molecule has 0 radical (unpaired) electrons. The van der Waals surface area contributed by atoms with Crippen LogP contribution in [-0.4, -0.2) is 62.4 Å². The first-order valence-corrected chi connectivity index (χ1v) is 10.1. The Hall–Kier alpha value is -3.49. The molecular weight excluding hydrogens is 400 g/mol. The van der Waals surface area contributed by atoms with Crippen LogP contribution >= 0.6 is 0 Å². The van der Waals surface area contributed by atoms with Gasteiger partial charge in [0, 0.05) is 13.2 Å². The number of carbonyl (C=O) groups excluding carboxylic acids is 4. The Bertz CT molecular complexity index is 1110. The fraction of sp³-hybridized carbons (Fsp3) is 0.409. The van der Waals surface area contributed by atoms with Crippen molar-refractivity contribution in [3.63, 3.8) is 0 Å². The van der Waals surface area contributed by atoms with Gasteiger partial charge in [-0.15, -0.1) is 0 Å². The summed E-state index contributed by atoms with van der Waals surface area (Å²) in [7, 11) is 1.42. The highest BCUT2D eigenvalue weighted by molar-refractivity contribution is 6.12. The Balaban J connectivity index is 1.62. The second-order valence-electron chi connectivity index (χ2n) is 8.53. The molecular formula is C22H22N4O5. The van der Waals surface area contributed by atoms with Gasteiger partial charge in [-0.3, -0.25) is 29.1 Å². The molecule has 9 nitrogen and oxygen atoms in total. The number of imide groups is 1. The molecule has 5 heterocycles. The molecule has 0 aromatic carbocycles. The van der Waals surface area contributed by atoms with Crippen molar-refractivity contribution in [3.8, 4) is 0 Å². The lowest BCUT2D eigenvalue weighted by Crippen LogP contribution is -2.67. The molecule has 0 unspecified atom stereocenters. The second kappa shape index (κ2) is 6.50. The van der Waals surface area contributed by atoms with Gasteiger partial charge in [0.15, 0.2) is 0 Å². The molecule has 3 aliphatic rings. The van der Waals surface area contributed by atoms with E-state index in [9.17, 15) is 19.2 Å². The number of furan rings is 1. The van der Waals surface area contributed by atoms with Crippen molar-refractivity contribution in [2.24, 2.45) is 11.8 Å². The minimum absolute atomic E-state index is 0.148. The van der Waals surface area contributed by atoms with Crippen LogP contribution in [0.3, 0.4) is 0 Å². The fourth-order valence-corrected chi connectivity index (χ4v) is 5.36. The van der Waals surface area contributed by atoms with Gasteiger partial charge in [-0.2, -0.15) is 0 Å². The summed E-state index contributed by atoms with van der Waals surface area (Å²) >= 11 is 0. The van der Waals surface area contributed by atoms with Crippen LogP contribution in [0.1, 0.15) is 30.2 Å². The lowest BCUT2D eigenvalue weighted by molar-refractivity contribution is -0.168. The van der Waals surface area contributed by atoms with Crippen LogP contribution in [0.4, 0.5) is 0 Å². The van der Waals surface area contributed by atoms with Crippen LogP contribution in [0.5, 0.6) is 0 Å². The van der Waals surface area contributed by atoms with E-state index in [0.717, 1.165) is 4.90 Å². The Morgan fingerprint density at radius 2 is 1.90 bits per heavy atom. The summed E-state index contributed by atoms with van der Waals surface area (Å²) < 4.78 is 5.78. The third-order valence-corrected chi connectivity index (χ3v) is 6.74. The van der Waals surface area contributed by atoms with Crippen molar-refractivity contribution < 1.29 is 23.6 Å². The number of piperazine rings is 1. The standard InChI is InChI=1S/C22H22N4O5/c1-12-7-8-14(31-12)18-16-17(20(29)24(3)19(16)28)22(2)21(30)25(11-15(27)26(18)22)10-13-6-4-5-9-23-13/h4-9,16-18H,10-11H2,1-3H3/t16-,17-,18-,22-/m1/s1. The highest BCUT2D eigenvalue weighted by atomic mass is 16.3. The van der Waals surface area contributed by atoms with Crippen LogP contribution in [0, 0.1) is 18.8 Å². The SMILES string of the molecule is Cc1ccc([C@@H]2[C@@H]3C(=O)N(C)C(=O)[C@@H]3[C@]3(C)C(=O)N(Cc4ccccn4)CC(=O)N23)o1. The molecule has 4 atom stereocenters. The van der Waals surface area contributed by atoms with E-state index in [1.807, 2.05) is 6.07 Å². The number of carbonyl (C=O) groups is 4. The van der Waals surface area contributed by atoms with Gasteiger partial charge in [-0.25, -0.2) is 0 Å². The van der Waals surface area contributed by atoms with Gasteiger partial charge < -0.3 is 14.2 Å². The van der Waals surface area contributed by atoms with Crippen molar-refractivity contribution >= 4 is 23.6 Å². The quantitative estimate of drug-likeness (QED) is 0.681. The summed E-state index contributed by atoms with van der Waals surface area (Å²) in [5.41, 5.74) is -0.850. The van der Waals surface area contributed by atoms with Gasteiger partial charge in [0.1, 0.15) is 29.6 Å². The highest BCUT2D eigenvalue weighted by Gasteiger charge is 2.73. The van der Waals surface area contributed by atoms with E-state index in [0.29, 0.717) is 17.2 Å². The summed E-state index contributed by atoms with van der Waals surface area (Å²) in [4.78, 5) is 61.4. The number of amides is 4. The summed E-state index contributed by atoms with van der Waals surface area (Å²) in [5, 5.41) is 0. The van der Waals surface area contributed by atoms with Crippen molar-refractivity contribution in [1.29, 1.82) is 0 Å². The number of rotatable bonds is 3. The largest absolute Gasteiger partial charge is 0.464 e. The van der Waals surface area contributed by atoms with Crippen LogP contribution in [0.15, 0.2) is 40.9 Å². The molecule has 160 valence electrons. The molecule has 2 aromatic heterocycles. The maximum atomic E-state index is 13.8. The molecule has 0 spiro atoms. The van der Waals surface area contributed by atoms with E-state index in [1.165, 1.54) is 16.8 Å². The molecule has 4 amide bonds. The van der Waals surface area contributed by atoms with Gasteiger partial charge in [0.05, 0.1) is 24.1 Å². The number of pyridine rings is 1. The zero-order valence-corrected chi connectivity index (χ0v) is 17.4. The third kappa shape index (κ3) is 2.52. The average Bonchev–Trinajstić information content (AvgIpc) is 3.36. The number of aromatic nitrogens is 1. The molecule has 0 N–H and O–H groups in total.